The van der Waals surface area contributed by atoms with Crippen LogP contribution in [-0.2, 0) is 4.79 Å². The molecule has 0 spiro atoms. The smallest absolute Gasteiger partial charge is 0.234 e. The van der Waals surface area contributed by atoms with E-state index in [2.05, 4.69) is 26.2 Å². The highest BCUT2D eigenvalue weighted by molar-refractivity contribution is 5.95. The number of pyridine rings is 1. The molecule has 2 fully saturated rings. The van der Waals surface area contributed by atoms with E-state index in [1.165, 1.54) is 6.42 Å². The molecular formula is C21H25N5O. The molecule has 2 aliphatic heterocycles. The second-order valence-electron chi connectivity index (χ2n) is 7.51. The number of piperidine rings is 1. The molecule has 1 aromatic heterocycles. The number of nitrogens with one attached hydrogen (secondary N) is 1. The first-order chi connectivity index (χ1) is 13.2. The maximum absolute atomic E-state index is 12.0. The van der Waals surface area contributed by atoms with Crippen LogP contribution in [0.4, 0.5) is 5.69 Å². The molecular weight excluding hydrogens is 338 g/mol. The quantitative estimate of drug-likeness (QED) is 0.881. The molecule has 27 heavy (non-hydrogen) atoms. The molecule has 3 heterocycles. The van der Waals surface area contributed by atoms with Crippen molar-refractivity contribution in [3.8, 4) is 6.07 Å². The normalized spacial score (nSPS) is 18.1. The van der Waals surface area contributed by atoms with Gasteiger partial charge in [0.25, 0.3) is 0 Å². The minimum absolute atomic E-state index is 0.154. The summed E-state index contributed by atoms with van der Waals surface area (Å²) in [7, 11) is 0. The second kappa shape index (κ2) is 7.93. The van der Waals surface area contributed by atoms with Gasteiger partial charge in [-0.1, -0.05) is 0 Å². The van der Waals surface area contributed by atoms with Gasteiger partial charge in [-0.25, -0.2) is 0 Å². The maximum Gasteiger partial charge on any atom is 0.234 e. The number of likely N-dealkylation sites (tertiary alicyclic amines) is 1. The Morgan fingerprint density at radius 1 is 1.22 bits per heavy atom. The van der Waals surface area contributed by atoms with Crippen molar-refractivity contribution >= 4 is 22.5 Å². The van der Waals surface area contributed by atoms with Gasteiger partial charge in [0, 0.05) is 36.9 Å². The minimum atomic E-state index is 0.154. The number of carbonyl (C=O) groups is 1. The lowest BCUT2D eigenvalue weighted by atomic mass is 9.95. The number of anilines is 1. The third-order valence-electron chi connectivity index (χ3n) is 5.73. The fraction of sp³-hybridized carbons (Fsp3) is 0.476. The van der Waals surface area contributed by atoms with Crippen LogP contribution >= 0.6 is 0 Å². The van der Waals surface area contributed by atoms with Gasteiger partial charge in [0.2, 0.25) is 5.91 Å². The molecule has 2 saturated heterocycles. The molecule has 2 aromatic rings. The molecule has 0 atom stereocenters. The van der Waals surface area contributed by atoms with Gasteiger partial charge in [-0.05, 0) is 62.5 Å². The number of carbonyl (C=O) groups excluding carboxylic acids is 1. The second-order valence-corrected chi connectivity index (χ2v) is 7.51. The van der Waals surface area contributed by atoms with Crippen molar-refractivity contribution in [2.24, 2.45) is 5.92 Å². The summed E-state index contributed by atoms with van der Waals surface area (Å²) in [6, 6.07) is 10.1. The lowest BCUT2D eigenvalue weighted by Gasteiger charge is -2.34. The van der Waals surface area contributed by atoms with Crippen molar-refractivity contribution in [1.29, 1.82) is 5.26 Å². The Kier molecular flexibility index (Phi) is 5.21. The average Bonchev–Trinajstić information content (AvgIpc) is 2.69. The molecule has 0 radical (unpaired) electrons. The molecule has 0 bridgehead atoms. The third kappa shape index (κ3) is 3.88. The van der Waals surface area contributed by atoms with Crippen molar-refractivity contribution in [3.05, 3.63) is 36.0 Å². The molecule has 0 unspecified atom stereocenters. The van der Waals surface area contributed by atoms with Gasteiger partial charge in [-0.2, -0.15) is 5.26 Å². The standard InChI is InChI=1S/C21H25N5O/c22-13-17-4-5-19(18-3-1-8-23-21(17)18)26-11-6-16(7-12-26)14-24-20(27)15-25-9-2-10-25/h1,3-5,8,16H,2,6-7,9-12,14-15H2,(H,24,27). The van der Waals surface area contributed by atoms with Crippen molar-refractivity contribution in [1.82, 2.24) is 15.2 Å². The maximum atomic E-state index is 12.0. The van der Waals surface area contributed by atoms with Gasteiger partial charge in [-0.3, -0.25) is 14.7 Å². The zero-order valence-corrected chi connectivity index (χ0v) is 15.5. The van der Waals surface area contributed by atoms with Crippen LogP contribution in [0.3, 0.4) is 0 Å². The van der Waals surface area contributed by atoms with E-state index in [1.807, 2.05) is 24.3 Å². The fourth-order valence-electron chi connectivity index (χ4n) is 3.96. The van der Waals surface area contributed by atoms with E-state index in [4.69, 9.17) is 0 Å². The van der Waals surface area contributed by atoms with Crippen molar-refractivity contribution < 1.29 is 4.79 Å². The molecule has 4 rings (SSSR count). The summed E-state index contributed by atoms with van der Waals surface area (Å²) in [4.78, 5) is 21.0. The monoisotopic (exact) mass is 363 g/mol. The average molecular weight is 363 g/mol. The number of aromatic nitrogens is 1. The summed E-state index contributed by atoms with van der Waals surface area (Å²) in [5.41, 5.74) is 2.55. The molecule has 1 aromatic carbocycles. The Hall–Kier alpha value is -2.65. The van der Waals surface area contributed by atoms with Crippen LogP contribution in [0.1, 0.15) is 24.8 Å². The topological polar surface area (TPSA) is 72.3 Å². The third-order valence-corrected chi connectivity index (χ3v) is 5.73. The van der Waals surface area contributed by atoms with Crippen molar-refractivity contribution in [3.63, 3.8) is 0 Å². The zero-order valence-electron chi connectivity index (χ0n) is 15.5. The number of hydrogen-bond acceptors (Lipinski definition) is 5. The lowest BCUT2D eigenvalue weighted by Crippen LogP contribution is -2.46. The van der Waals surface area contributed by atoms with E-state index in [-0.39, 0.29) is 5.91 Å². The van der Waals surface area contributed by atoms with Gasteiger partial charge in [-0.15, -0.1) is 0 Å². The van der Waals surface area contributed by atoms with E-state index in [0.29, 0.717) is 18.0 Å². The molecule has 6 heteroatoms. The molecule has 0 saturated carbocycles. The zero-order chi connectivity index (χ0) is 18.6. The summed E-state index contributed by atoms with van der Waals surface area (Å²) in [6.07, 6.45) is 5.07. The number of amides is 1. The largest absolute Gasteiger partial charge is 0.371 e. The van der Waals surface area contributed by atoms with Crippen molar-refractivity contribution in [2.75, 3.05) is 44.2 Å². The van der Waals surface area contributed by atoms with Crippen molar-refractivity contribution in [2.45, 2.75) is 19.3 Å². The number of hydrogen-bond donors (Lipinski definition) is 1. The van der Waals surface area contributed by atoms with E-state index in [0.717, 1.165) is 62.2 Å². The SMILES string of the molecule is N#Cc1ccc(N2CCC(CNC(=O)CN3CCC3)CC2)c2cccnc12. The van der Waals surface area contributed by atoms with Gasteiger partial charge in [0.1, 0.15) is 6.07 Å². The fourth-order valence-corrected chi connectivity index (χ4v) is 3.96. The van der Waals surface area contributed by atoms with Gasteiger partial charge >= 0.3 is 0 Å². The highest BCUT2D eigenvalue weighted by Crippen LogP contribution is 2.31. The van der Waals surface area contributed by atoms with Gasteiger partial charge in [0.05, 0.1) is 17.6 Å². The first kappa shape index (κ1) is 17.7. The molecule has 1 N–H and O–H groups in total. The van der Waals surface area contributed by atoms with E-state index in [9.17, 15) is 10.1 Å². The van der Waals surface area contributed by atoms with E-state index < -0.39 is 0 Å². The first-order valence-electron chi connectivity index (χ1n) is 9.76. The van der Waals surface area contributed by atoms with Crippen LogP contribution < -0.4 is 10.2 Å². The number of fused-ring (bicyclic) bond motifs is 1. The summed E-state index contributed by atoms with van der Waals surface area (Å²) >= 11 is 0. The predicted octanol–water partition coefficient (Wildman–Crippen LogP) is 2.14. The summed E-state index contributed by atoms with van der Waals surface area (Å²) < 4.78 is 0. The Balaban J connectivity index is 1.35. The molecule has 1 amide bonds. The molecule has 6 nitrogen and oxygen atoms in total. The van der Waals surface area contributed by atoms with Crippen LogP contribution in [0.15, 0.2) is 30.5 Å². The van der Waals surface area contributed by atoms with Gasteiger partial charge < -0.3 is 10.2 Å². The minimum Gasteiger partial charge on any atom is -0.371 e. The Bertz CT molecular complexity index is 862. The number of nitrogens with zero attached hydrogens (tertiary/aromatic N) is 4. The number of nitriles is 1. The lowest BCUT2D eigenvalue weighted by molar-refractivity contribution is -0.123. The molecule has 140 valence electrons. The van der Waals surface area contributed by atoms with Crippen LogP contribution in [0.5, 0.6) is 0 Å². The highest BCUT2D eigenvalue weighted by atomic mass is 16.2. The van der Waals surface area contributed by atoms with Gasteiger partial charge in [0.15, 0.2) is 0 Å². The number of rotatable bonds is 5. The van der Waals surface area contributed by atoms with E-state index in [1.54, 1.807) is 6.20 Å². The molecule has 2 aliphatic rings. The van der Waals surface area contributed by atoms with Crippen LogP contribution in [0.25, 0.3) is 10.9 Å². The Labute approximate surface area is 159 Å². The first-order valence-corrected chi connectivity index (χ1v) is 9.76. The van der Waals surface area contributed by atoms with Crippen LogP contribution in [0.2, 0.25) is 0 Å². The number of benzene rings is 1. The van der Waals surface area contributed by atoms with Crippen LogP contribution in [0, 0.1) is 17.2 Å². The highest BCUT2D eigenvalue weighted by Gasteiger charge is 2.23. The van der Waals surface area contributed by atoms with E-state index >= 15 is 0 Å². The Morgan fingerprint density at radius 3 is 2.74 bits per heavy atom. The predicted molar refractivity (Wildman–Crippen MR) is 105 cm³/mol. The molecule has 0 aliphatic carbocycles. The summed E-state index contributed by atoms with van der Waals surface area (Å²) in [6.45, 7) is 5.35. The summed E-state index contributed by atoms with van der Waals surface area (Å²) in [5, 5.41) is 13.5. The summed E-state index contributed by atoms with van der Waals surface area (Å²) in [5.74, 6) is 0.686. The van der Waals surface area contributed by atoms with Crippen LogP contribution in [-0.4, -0.2) is 55.1 Å². The Morgan fingerprint density at radius 2 is 2.04 bits per heavy atom.